The van der Waals surface area contributed by atoms with E-state index < -0.39 is 0 Å². The fraction of sp³-hybridized carbons (Fsp3) is 0.619. The number of methoxy groups -OCH3 is 1. The van der Waals surface area contributed by atoms with Crippen LogP contribution in [0.1, 0.15) is 62.0 Å². The minimum atomic E-state index is -0.172. The molecule has 0 bridgehead atoms. The van der Waals surface area contributed by atoms with E-state index in [0.29, 0.717) is 43.6 Å². The molecule has 162 valence electrons. The lowest BCUT2D eigenvalue weighted by Crippen LogP contribution is -2.40. The summed E-state index contributed by atoms with van der Waals surface area (Å²) in [5, 5.41) is 3.20. The third kappa shape index (κ3) is 3.74. The van der Waals surface area contributed by atoms with Crippen LogP contribution in [0, 0.1) is 0 Å². The summed E-state index contributed by atoms with van der Waals surface area (Å²) >= 11 is 0. The normalized spacial score (nSPS) is 19.2. The van der Waals surface area contributed by atoms with Crippen molar-refractivity contribution in [3.05, 3.63) is 33.4 Å². The van der Waals surface area contributed by atoms with Crippen LogP contribution in [0.2, 0.25) is 0 Å². The smallest absolute Gasteiger partial charge is 0.277 e. The molecule has 0 radical (unpaired) electrons. The second-order valence-electron chi connectivity index (χ2n) is 8.01. The fourth-order valence-corrected chi connectivity index (χ4v) is 4.49. The summed E-state index contributed by atoms with van der Waals surface area (Å²) < 4.78 is 6.45. The van der Waals surface area contributed by atoms with E-state index >= 15 is 0 Å². The van der Waals surface area contributed by atoms with Gasteiger partial charge in [0, 0.05) is 39.1 Å². The van der Waals surface area contributed by atoms with Gasteiger partial charge >= 0.3 is 0 Å². The Morgan fingerprint density at radius 3 is 2.87 bits per heavy atom. The topological polar surface area (TPSA) is 100 Å². The van der Waals surface area contributed by atoms with Crippen molar-refractivity contribution in [2.45, 2.75) is 58.0 Å². The molecule has 30 heavy (non-hydrogen) atoms. The minimum absolute atomic E-state index is 0.0184. The standard InChI is InChI=1S/C21H29N5O4/c1-3-19(27)25-9-5-4-6-17(25)16-12-18-22-15-7-10-24(20(28)8-11-30-2)13-14(15)21(29)26(18)23-16/h12,17,23H,3-11,13H2,1-2H3. The number of aromatic nitrogens is 3. The Balaban J connectivity index is 1.65. The molecule has 2 aliphatic heterocycles. The first-order chi connectivity index (χ1) is 14.5. The Hall–Kier alpha value is -2.68. The summed E-state index contributed by atoms with van der Waals surface area (Å²) in [7, 11) is 1.57. The van der Waals surface area contributed by atoms with Crippen LogP contribution in [0.4, 0.5) is 0 Å². The van der Waals surface area contributed by atoms with E-state index in [4.69, 9.17) is 9.72 Å². The van der Waals surface area contributed by atoms with Crippen LogP contribution in [0.25, 0.3) is 5.65 Å². The molecule has 9 nitrogen and oxygen atoms in total. The monoisotopic (exact) mass is 415 g/mol. The number of nitrogens with zero attached hydrogens (tertiary/aromatic N) is 4. The van der Waals surface area contributed by atoms with Gasteiger partial charge in [-0.05, 0) is 19.3 Å². The van der Waals surface area contributed by atoms with Crippen molar-refractivity contribution in [2.24, 2.45) is 0 Å². The van der Waals surface area contributed by atoms with Crippen LogP contribution in [-0.2, 0) is 27.3 Å². The van der Waals surface area contributed by atoms with E-state index in [-0.39, 0.29) is 30.0 Å². The number of rotatable bonds is 5. The van der Waals surface area contributed by atoms with E-state index in [0.717, 1.165) is 37.2 Å². The largest absolute Gasteiger partial charge is 0.384 e. The van der Waals surface area contributed by atoms with Gasteiger partial charge in [-0.2, -0.15) is 0 Å². The number of H-pyrrole nitrogens is 1. The Morgan fingerprint density at radius 1 is 1.27 bits per heavy atom. The van der Waals surface area contributed by atoms with Gasteiger partial charge in [0.2, 0.25) is 11.8 Å². The number of likely N-dealkylation sites (tertiary alicyclic amines) is 1. The second kappa shape index (κ2) is 8.59. The first kappa shape index (κ1) is 20.6. The number of carbonyl (C=O) groups is 2. The predicted octanol–water partition coefficient (Wildman–Crippen LogP) is 1.41. The third-order valence-corrected chi connectivity index (χ3v) is 6.14. The summed E-state index contributed by atoms with van der Waals surface area (Å²) in [4.78, 5) is 46.2. The van der Waals surface area contributed by atoms with E-state index in [1.54, 1.807) is 12.0 Å². The van der Waals surface area contributed by atoms with Gasteiger partial charge in [-0.1, -0.05) is 6.92 Å². The highest BCUT2D eigenvalue weighted by Crippen LogP contribution is 2.31. The summed E-state index contributed by atoms with van der Waals surface area (Å²) in [6.07, 6.45) is 4.25. The number of amides is 2. The third-order valence-electron chi connectivity index (χ3n) is 6.14. The zero-order valence-corrected chi connectivity index (χ0v) is 17.6. The maximum absolute atomic E-state index is 13.2. The summed E-state index contributed by atoms with van der Waals surface area (Å²) in [6, 6.07) is 1.83. The van der Waals surface area contributed by atoms with Crippen molar-refractivity contribution in [2.75, 3.05) is 26.8 Å². The molecule has 2 amide bonds. The molecule has 0 aromatic carbocycles. The highest BCUT2D eigenvalue weighted by atomic mass is 16.5. The van der Waals surface area contributed by atoms with Gasteiger partial charge in [-0.15, -0.1) is 0 Å². The average molecular weight is 415 g/mol. The molecule has 0 saturated carbocycles. The van der Waals surface area contributed by atoms with Gasteiger partial charge in [0.05, 0.1) is 42.6 Å². The van der Waals surface area contributed by atoms with Crippen LogP contribution >= 0.6 is 0 Å². The number of aromatic amines is 1. The molecule has 1 N–H and O–H groups in total. The average Bonchev–Trinajstić information content (AvgIpc) is 3.21. The first-order valence-corrected chi connectivity index (χ1v) is 10.7. The molecule has 1 atom stereocenters. The lowest BCUT2D eigenvalue weighted by atomic mass is 9.99. The molecular formula is C21H29N5O4. The maximum atomic E-state index is 13.2. The maximum Gasteiger partial charge on any atom is 0.277 e. The van der Waals surface area contributed by atoms with Crippen LogP contribution in [0.3, 0.4) is 0 Å². The molecule has 1 saturated heterocycles. The molecule has 2 aliphatic rings. The number of fused-ring (bicyclic) bond motifs is 2. The van der Waals surface area contributed by atoms with Crippen molar-refractivity contribution in [1.82, 2.24) is 24.4 Å². The zero-order valence-electron chi connectivity index (χ0n) is 17.6. The molecule has 1 fully saturated rings. The summed E-state index contributed by atoms with van der Waals surface area (Å²) in [6.45, 7) is 3.80. The van der Waals surface area contributed by atoms with Gasteiger partial charge in [0.25, 0.3) is 5.56 Å². The lowest BCUT2D eigenvalue weighted by molar-refractivity contribution is -0.135. The van der Waals surface area contributed by atoms with Crippen molar-refractivity contribution < 1.29 is 14.3 Å². The van der Waals surface area contributed by atoms with Gasteiger partial charge in [-0.25, -0.2) is 9.50 Å². The highest BCUT2D eigenvalue weighted by Gasteiger charge is 2.30. The van der Waals surface area contributed by atoms with Gasteiger partial charge in [0.1, 0.15) is 0 Å². The number of ether oxygens (including phenoxy) is 1. The second-order valence-corrected chi connectivity index (χ2v) is 8.01. The highest BCUT2D eigenvalue weighted by molar-refractivity contribution is 5.77. The number of hydrogen-bond acceptors (Lipinski definition) is 5. The van der Waals surface area contributed by atoms with Crippen LogP contribution < -0.4 is 5.56 Å². The Labute approximate surface area is 175 Å². The molecule has 1 unspecified atom stereocenters. The summed E-state index contributed by atoms with van der Waals surface area (Å²) in [5.74, 6) is 0.110. The van der Waals surface area contributed by atoms with E-state index in [1.807, 2.05) is 17.9 Å². The number of hydrogen-bond donors (Lipinski definition) is 1. The molecule has 2 aromatic heterocycles. The number of piperidine rings is 1. The van der Waals surface area contributed by atoms with Crippen molar-refractivity contribution in [1.29, 1.82) is 0 Å². The van der Waals surface area contributed by atoms with E-state index in [9.17, 15) is 14.4 Å². The van der Waals surface area contributed by atoms with Crippen LogP contribution in [0.5, 0.6) is 0 Å². The van der Waals surface area contributed by atoms with E-state index in [2.05, 4.69) is 5.10 Å². The first-order valence-electron chi connectivity index (χ1n) is 10.7. The fourth-order valence-electron chi connectivity index (χ4n) is 4.49. The molecule has 4 rings (SSSR count). The van der Waals surface area contributed by atoms with E-state index in [1.165, 1.54) is 4.52 Å². The zero-order chi connectivity index (χ0) is 21.3. The van der Waals surface area contributed by atoms with Crippen molar-refractivity contribution >= 4 is 17.5 Å². The molecule has 0 spiro atoms. The predicted molar refractivity (Wildman–Crippen MR) is 110 cm³/mol. The van der Waals surface area contributed by atoms with Crippen molar-refractivity contribution in [3.8, 4) is 0 Å². The minimum Gasteiger partial charge on any atom is -0.384 e. The Kier molecular flexibility index (Phi) is 5.90. The molecule has 0 aliphatic carbocycles. The SMILES string of the molecule is CCC(=O)N1CCCCC1c1cc2nc3c(c(=O)n2[nH]1)CN(C(=O)CCOC)CC3. The molecule has 9 heteroatoms. The number of nitrogens with one attached hydrogen (secondary N) is 1. The lowest BCUT2D eigenvalue weighted by Gasteiger charge is -2.35. The quantitative estimate of drug-likeness (QED) is 0.796. The van der Waals surface area contributed by atoms with Gasteiger partial charge in [0.15, 0.2) is 5.65 Å². The molecule has 2 aromatic rings. The van der Waals surface area contributed by atoms with Crippen LogP contribution in [-0.4, -0.2) is 63.0 Å². The Bertz CT molecular complexity index is 1010. The van der Waals surface area contributed by atoms with Gasteiger partial charge < -0.3 is 14.5 Å². The summed E-state index contributed by atoms with van der Waals surface area (Å²) in [5.41, 5.74) is 2.56. The molecular weight excluding hydrogens is 386 g/mol. The number of carbonyl (C=O) groups excluding carboxylic acids is 2. The Morgan fingerprint density at radius 2 is 2.10 bits per heavy atom. The molecule has 4 heterocycles. The van der Waals surface area contributed by atoms with Gasteiger partial charge in [-0.3, -0.25) is 19.5 Å². The van der Waals surface area contributed by atoms with Crippen LogP contribution in [0.15, 0.2) is 10.9 Å². The van der Waals surface area contributed by atoms with Crippen molar-refractivity contribution in [3.63, 3.8) is 0 Å².